The highest BCUT2D eigenvalue weighted by Gasteiger charge is 2.29. The third kappa shape index (κ3) is 9.07. The van der Waals surface area contributed by atoms with Crippen molar-refractivity contribution in [2.24, 2.45) is 0 Å². The van der Waals surface area contributed by atoms with Crippen LogP contribution in [0.25, 0.3) is 0 Å². The number of ether oxygens (including phenoxy) is 1. The zero-order valence-corrected chi connectivity index (χ0v) is 23.5. The lowest BCUT2D eigenvalue weighted by Gasteiger charge is -2.31. The molecular weight excluding hydrogens is 490 g/mol. The Labute approximate surface area is 222 Å². The van der Waals surface area contributed by atoms with Crippen molar-refractivity contribution in [1.82, 2.24) is 10.2 Å². The van der Waals surface area contributed by atoms with E-state index < -0.39 is 16.1 Å². The molecule has 8 nitrogen and oxygen atoms in total. The first-order chi connectivity index (χ1) is 17.6. The van der Waals surface area contributed by atoms with Crippen LogP contribution in [-0.4, -0.2) is 57.1 Å². The first-order valence-electron chi connectivity index (χ1n) is 12.9. The number of nitrogens with one attached hydrogen (secondary N) is 1. The molecule has 2 rings (SSSR count). The summed E-state index contributed by atoms with van der Waals surface area (Å²) < 4.78 is 32.2. The zero-order chi connectivity index (χ0) is 27.4. The van der Waals surface area contributed by atoms with Gasteiger partial charge in [0.05, 0.1) is 18.6 Å². The number of carbonyl (C=O) groups excluding carboxylic acids is 2. The number of rotatable bonds is 15. The summed E-state index contributed by atoms with van der Waals surface area (Å²) in [4.78, 5) is 28.0. The molecule has 0 aromatic heterocycles. The van der Waals surface area contributed by atoms with Crippen LogP contribution in [0.4, 0.5) is 5.69 Å². The van der Waals surface area contributed by atoms with Crippen molar-refractivity contribution in [3.63, 3.8) is 0 Å². The number of anilines is 1. The summed E-state index contributed by atoms with van der Waals surface area (Å²) in [6.07, 6.45) is 2.82. The molecule has 1 atom stereocenters. The van der Waals surface area contributed by atoms with Gasteiger partial charge in [0.2, 0.25) is 21.8 Å². The van der Waals surface area contributed by atoms with Crippen LogP contribution >= 0.6 is 0 Å². The van der Waals surface area contributed by atoms with Gasteiger partial charge in [-0.2, -0.15) is 0 Å². The molecule has 0 aliphatic heterocycles. The van der Waals surface area contributed by atoms with Crippen molar-refractivity contribution in [2.45, 2.75) is 66.0 Å². The fraction of sp³-hybridized carbons (Fsp3) is 0.500. The summed E-state index contributed by atoms with van der Waals surface area (Å²) >= 11 is 0. The Balaban J connectivity index is 2.23. The van der Waals surface area contributed by atoms with Crippen LogP contribution in [0.1, 0.15) is 57.6 Å². The minimum absolute atomic E-state index is 0.103. The Morgan fingerprint density at radius 1 is 1.03 bits per heavy atom. The summed E-state index contributed by atoms with van der Waals surface area (Å²) in [6.45, 7) is 9.08. The van der Waals surface area contributed by atoms with Crippen molar-refractivity contribution in [3.05, 3.63) is 59.7 Å². The van der Waals surface area contributed by atoms with Gasteiger partial charge in [-0.05, 0) is 50.8 Å². The first kappa shape index (κ1) is 30.2. The van der Waals surface area contributed by atoms with E-state index in [-0.39, 0.29) is 24.8 Å². The average Bonchev–Trinajstić information content (AvgIpc) is 2.86. The number of benzene rings is 2. The number of aryl methyl sites for hydroxylation is 1. The highest BCUT2D eigenvalue weighted by Crippen LogP contribution is 2.30. The van der Waals surface area contributed by atoms with Gasteiger partial charge in [-0.1, -0.05) is 55.8 Å². The normalized spacial score (nSPS) is 12.0. The maximum Gasteiger partial charge on any atom is 0.242 e. The van der Waals surface area contributed by atoms with Crippen LogP contribution in [0.5, 0.6) is 5.75 Å². The van der Waals surface area contributed by atoms with Gasteiger partial charge in [0.1, 0.15) is 11.8 Å². The summed E-state index contributed by atoms with van der Waals surface area (Å²) in [6, 6.07) is 14.2. The van der Waals surface area contributed by atoms with E-state index in [0.717, 1.165) is 23.8 Å². The zero-order valence-electron chi connectivity index (χ0n) is 22.7. The highest BCUT2D eigenvalue weighted by molar-refractivity contribution is 7.92. The predicted octanol–water partition coefficient (Wildman–Crippen LogP) is 4.27. The molecule has 0 heterocycles. The van der Waals surface area contributed by atoms with Gasteiger partial charge in [0.15, 0.2) is 0 Å². The standard InChI is InChI=1S/C28H41N3O5S/c1-6-19-29-28(33)24(7-2)30(21-23-17-15-22(4)16-18-23)27(32)14-11-20-31(37(5,34)35)25-12-9-10-13-26(25)36-8-3/h9-10,12-13,15-18,24H,6-8,11,14,19-21H2,1-5H3,(H,29,33)/t24-/m1/s1. The van der Waals surface area contributed by atoms with Gasteiger partial charge in [-0.25, -0.2) is 8.42 Å². The van der Waals surface area contributed by atoms with E-state index >= 15 is 0 Å². The third-order valence-corrected chi connectivity index (χ3v) is 7.17. The highest BCUT2D eigenvalue weighted by atomic mass is 32.2. The Morgan fingerprint density at radius 2 is 1.70 bits per heavy atom. The molecule has 2 amide bonds. The molecule has 0 fully saturated rings. The predicted molar refractivity (Wildman–Crippen MR) is 148 cm³/mol. The molecule has 2 aromatic carbocycles. The number of amides is 2. The molecule has 0 radical (unpaired) electrons. The Bertz CT molecular complexity index is 1120. The molecule has 1 N–H and O–H groups in total. The number of carbonyl (C=O) groups is 2. The second kappa shape index (κ2) is 14.6. The largest absolute Gasteiger partial charge is 0.492 e. The van der Waals surface area contributed by atoms with E-state index in [2.05, 4.69) is 5.32 Å². The molecule has 0 unspecified atom stereocenters. The van der Waals surface area contributed by atoms with Gasteiger partial charge in [0.25, 0.3) is 0 Å². The Hall–Kier alpha value is -3.07. The number of nitrogens with zero attached hydrogens (tertiary/aromatic N) is 2. The van der Waals surface area contributed by atoms with E-state index in [9.17, 15) is 18.0 Å². The van der Waals surface area contributed by atoms with Gasteiger partial charge in [-0.15, -0.1) is 0 Å². The minimum Gasteiger partial charge on any atom is -0.492 e. The van der Waals surface area contributed by atoms with Crippen LogP contribution in [0.15, 0.2) is 48.5 Å². The maximum absolute atomic E-state index is 13.5. The van der Waals surface area contributed by atoms with Crippen molar-refractivity contribution >= 4 is 27.5 Å². The first-order valence-corrected chi connectivity index (χ1v) is 14.8. The fourth-order valence-corrected chi connectivity index (χ4v) is 5.07. The monoisotopic (exact) mass is 531 g/mol. The lowest BCUT2D eigenvalue weighted by atomic mass is 10.1. The van der Waals surface area contributed by atoms with E-state index in [4.69, 9.17) is 4.74 Å². The summed E-state index contributed by atoms with van der Waals surface area (Å²) in [5.74, 6) is 0.111. The average molecular weight is 532 g/mol. The van der Waals surface area contributed by atoms with E-state index in [1.54, 1.807) is 29.2 Å². The molecule has 0 aliphatic rings. The van der Waals surface area contributed by atoms with E-state index in [0.29, 0.717) is 44.0 Å². The summed E-state index contributed by atoms with van der Waals surface area (Å²) in [7, 11) is -3.61. The number of hydrogen-bond donors (Lipinski definition) is 1. The molecule has 0 bridgehead atoms. The number of hydrogen-bond acceptors (Lipinski definition) is 5. The number of sulfonamides is 1. The van der Waals surface area contributed by atoms with Crippen LogP contribution in [0.3, 0.4) is 0 Å². The number of para-hydroxylation sites is 2. The van der Waals surface area contributed by atoms with Gasteiger partial charge in [-0.3, -0.25) is 13.9 Å². The minimum atomic E-state index is -3.61. The van der Waals surface area contributed by atoms with Crippen LogP contribution in [0.2, 0.25) is 0 Å². The quantitative estimate of drug-likeness (QED) is 0.370. The maximum atomic E-state index is 13.5. The molecule has 0 saturated carbocycles. The van der Waals surface area contributed by atoms with Gasteiger partial charge in [0, 0.05) is 26.1 Å². The topological polar surface area (TPSA) is 96.0 Å². The Kier molecular flexibility index (Phi) is 11.9. The Morgan fingerprint density at radius 3 is 2.30 bits per heavy atom. The fourth-order valence-electron chi connectivity index (χ4n) is 4.10. The SMILES string of the molecule is CCCNC(=O)[C@@H](CC)N(Cc1ccc(C)cc1)C(=O)CCCN(c1ccccc1OCC)S(C)(=O)=O. The van der Waals surface area contributed by atoms with E-state index in [1.165, 1.54) is 4.31 Å². The molecular formula is C28H41N3O5S. The molecule has 2 aromatic rings. The van der Waals surface area contributed by atoms with Crippen LogP contribution in [0, 0.1) is 6.92 Å². The second-order valence-corrected chi connectivity index (χ2v) is 11.0. The summed E-state index contributed by atoms with van der Waals surface area (Å²) in [5.41, 5.74) is 2.49. The lowest BCUT2D eigenvalue weighted by molar-refractivity contribution is -0.141. The molecule has 204 valence electrons. The van der Waals surface area contributed by atoms with Gasteiger partial charge >= 0.3 is 0 Å². The van der Waals surface area contributed by atoms with E-state index in [1.807, 2.05) is 52.0 Å². The second-order valence-electron chi connectivity index (χ2n) is 9.06. The smallest absolute Gasteiger partial charge is 0.242 e. The molecule has 9 heteroatoms. The third-order valence-electron chi connectivity index (χ3n) is 5.99. The molecule has 0 saturated heterocycles. The molecule has 0 aliphatic carbocycles. The van der Waals surface area contributed by atoms with Crippen molar-refractivity contribution in [1.29, 1.82) is 0 Å². The summed E-state index contributed by atoms with van der Waals surface area (Å²) in [5, 5.41) is 2.91. The van der Waals surface area contributed by atoms with Crippen molar-refractivity contribution in [2.75, 3.05) is 30.3 Å². The van der Waals surface area contributed by atoms with Crippen molar-refractivity contribution < 1.29 is 22.7 Å². The lowest BCUT2D eigenvalue weighted by Crippen LogP contribution is -2.49. The van der Waals surface area contributed by atoms with Gasteiger partial charge < -0.3 is 15.0 Å². The van der Waals surface area contributed by atoms with Crippen LogP contribution < -0.4 is 14.4 Å². The van der Waals surface area contributed by atoms with Crippen LogP contribution in [-0.2, 0) is 26.2 Å². The molecule has 0 spiro atoms. The van der Waals surface area contributed by atoms with Crippen molar-refractivity contribution in [3.8, 4) is 5.75 Å². The molecule has 37 heavy (non-hydrogen) atoms.